The molecule has 2 fully saturated rings. The third-order valence-corrected chi connectivity index (χ3v) is 6.93. The molecule has 1 aliphatic carbocycles. The number of nitrogens with one attached hydrogen (secondary N) is 2. The van der Waals surface area contributed by atoms with Gasteiger partial charge in [0.2, 0.25) is 0 Å². The van der Waals surface area contributed by atoms with E-state index in [2.05, 4.69) is 27.3 Å². The van der Waals surface area contributed by atoms with Crippen LogP contribution in [-0.2, 0) is 9.47 Å². The Balaban J connectivity index is 1.62. The molecule has 1 saturated carbocycles. The average Bonchev–Trinajstić information content (AvgIpc) is 2.88. The molecule has 0 amide bonds. The molecule has 2 aromatic carbocycles. The molecule has 0 bridgehead atoms. The highest BCUT2D eigenvalue weighted by Crippen LogP contribution is 2.38. The highest BCUT2D eigenvalue weighted by Gasteiger charge is 2.29. The van der Waals surface area contributed by atoms with Crippen LogP contribution in [-0.4, -0.2) is 49.6 Å². The summed E-state index contributed by atoms with van der Waals surface area (Å²) >= 11 is 0. The Morgan fingerprint density at radius 3 is 2.57 bits per heavy atom. The molecule has 0 atom stereocenters. The number of nitrogens with zero attached hydrogens (tertiary/aromatic N) is 2. The molecule has 1 aliphatic heterocycles. The van der Waals surface area contributed by atoms with E-state index in [4.69, 9.17) is 14.9 Å². The number of esters is 1. The third kappa shape index (κ3) is 5.49. The van der Waals surface area contributed by atoms with Crippen molar-refractivity contribution in [2.24, 2.45) is 5.92 Å². The molecule has 2 heterocycles. The molecule has 3 aromatic rings. The van der Waals surface area contributed by atoms with E-state index in [0.717, 1.165) is 49.2 Å². The maximum absolute atomic E-state index is 14.0. The van der Waals surface area contributed by atoms with Gasteiger partial charge >= 0.3 is 5.97 Å². The minimum Gasteiger partial charge on any atom is -0.461 e. The fraction of sp³-hybridized carbons (Fsp3) is 0.345. The smallest absolute Gasteiger partial charge is 0.357 e. The summed E-state index contributed by atoms with van der Waals surface area (Å²) in [5.41, 5.74) is 4.42. The number of hydrogen-bond acceptors (Lipinski definition) is 7. The largest absolute Gasteiger partial charge is 0.461 e. The molecule has 0 unspecified atom stereocenters. The Morgan fingerprint density at radius 1 is 1.16 bits per heavy atom. The Labute approximate surface area is 216 Å². The summed E-state index contributed by atoms with van der Waals surface area (Å²) in [7, 11) is 0. The molecule has 2 aliphatic rings. The zero-order valence-corrected chi connectivity index (χ0v) is 20.9. The monoisotopic (exact) mass is 502 g/mol. The van der Waals surface area contributed by atoms with Crippen molar-refractivity contribution in [1.29, 1.82) is 5.41 Å². The van der Waals surface area contributed by atoms with Crippen molar-refractivity contribution in [3.63, 3.8) is 0 Å². The van der Waals surface area contributed by atoms with Gasteiger partial charge in [0.25, 0.3) is 0 Å². The van der Waals surface area contributed by atoms with Gasteiger partial charge in [0.05, 0.1) is 19.8 Å². The van der Waals surface area contributed by atoms with Gasteiger partial charge in [-0.05, 0) is 67.3 Å². The number of morpholine rings is 1. The van der Waals surface area contributed by atoms with Gasteiger partial charge in [-0.3, -0.25) is 0 Å². The summed E-state index contributed by atoms with van der Waals surface area (Å²) in [5.74, 6) is -0.464. The van der Waals surface area contributed by atoms with Gasteiger partial charge in [-0.1, -0.05) is 24.6 Å². The number of ether oxygens (including phenoxy) is 2. The molecule has 5 rings (SSSR count). The van der Waals surface area contributed by atoms with Crippen LogP contribution in [0.2, 0.25) is 0 Å². The van der Waals surface area contributed by atoms with E-state index in [1.807, 2.05) is 12.1 Å². The average molecular weight is 503 g/mol. The quantitative estimate of drug-likeness (QED) is 0.298. The lowest BCUT2D eigenvalue weighted by molar-refractivity contribution is 0.0519. The van der Waals surface area contributed by atoms with Gasteiger partial charge in [-0.15, -0.1) is 0 Å². The number of aromatic nitrogens is 1. The zero-order chi connectivity index (χ0) is 25.8. The van der Waals surface area contributed by atoms with Crippen molar-refractivity contribution >= 4 is 28.9 Å². The summed E-state index contributed by atoms with van der Waals surface area (Å²) in [4.78, 5) is 19.6. The Hall–Kier alpha value is -3.78. The van der Waals surface area contributed by atoms with Gasteiger partial charge in [-0.2, -0.15) is 0 Å². The standard InChI is InChI=1S/C29H31FN4O3/c1-2-37-29(35)25-18-24(19-9-11-23(12-10-19)34-13-15-36-16-14-34)26(27(31)20-5-3-6-20)28(33-25)32-22-8-4-7-21(30)17-22/h4,7-12,17-18,20,31H,2-3,5-6,13-16H2,1H3,(H,32,33). The predicted molar refractivity (Wildman–Crippen MR) is 143 cm³/mol. The number of pyridine rings is 1. The van der Waals surface area contributed by atoms with Crippen LogP contribution in [0.5, 0.6) is 0 Å². The van der Waals surface area contributed by atoms with Gasteiger partial charge < -0.3 is 25.1 Å². The van der Waals surface area contributed by atoms with Gasteiger partial charge in [-0.25, -0.2) is 14.2 Å². The first-order valence-electron chi connectivity index (χ1n) is 12.8. The molecular weight excluding hydrogens is 471 g/mol. The third-order valence-electron chi connectivity index (χ3n) is 6.93. The minimum atomic E-state index is -0.544. The second-order valence-corrected chi connectivity index (χ2v) is 9.32. The molecule has 1 saturated heterocycles. The Kier molecular flexibility index (Phi) is 7.46. The highest BCUT2D eigenvalue weighted by molar-refractivity contribution is 6.11. The molecule has 7 nitrogen and oxygen atoms in total. The van der Waals surface area contributed by atoms with E-state index in [1.165, 1.54) is 12.1 Å². The van der Waals surface area contributed by atoms with Crippen LogP contribution in [0, 0.1) is 17.1 Å². The summed E-state index contributed by atoms with van der Waals surface area (Å²) < 4.78 is 24.7. The molecule has 37 heavy (non-hydrogen) atoms. The fourth-order valence-electron chi connectivity index (χ4n) is 4.72. The first-order chi connectivity index (χ1) is 18.0. The van der Waals surface area contributed by atoms with Crippen molar-refractivity contribution in [3.05, 3.63) is 71.7 Å². The van der Waals surface area contributed by atoms with Crippen LogP contribution >= 0.6 is 0 Å². The van der Waals surface area contributed by atoms with Crippen LogP contribution < -0.4 is 10.2 Å². The van der Waals surface area contributed by atoms with Crippen molar-refractivity contribution in [2.75, 3.05) is 43.1 Å². The predicted octanol–water partition coefficient (Wildman–Crippen LogP) is 5.81. The molecule has 8 heteroatoms. The van der Waals surface area contributed by atoms with Gasteiger partial charge in [0.15, 0.2) is 5.69 Å². The van der Waals surface area contributed by atoms with Crippen molar-refractivity contribution in [2.45, 2.75) is 26.2 Å². The summed E-state index contributed by atoms with van der Waals surface area (Å²) in [6.07, 6.45) is 2.96. The topological polar surface area (TPSA) is 87.5 Å². The molecular formula is C29H31FN4O3. The molecule has 0 radical (unpaired) electrons. The molecule has 2 N–H and O–H groups in total. The number of halogens is 1. The van der Waals surface area contributed by atoms with Crippen LogP contribution in [0.3, 0.4) is 0 Å². The number of rotatable bonds is 8. The Bertz CT molecular complexity index is 1280. The number of carbonyl (C=O) groups is 1. The number of benzene rings is 2. The normalized spacial score (nSPS) is 15.7. The second kappa shape index (κ2) is 11.1. The maximum Gasteiger partial charge on any atom is 0.357 e. The van der Waals surface area contributed by atoms with Crippen LogP contribution in [0.1, 0.15) is 42.2 Å². The van der Waals surface area contributed by atoms with E-state index in [9.17, 15) is 9.18 Å². The van der Waals surface area contributed by atoms with Crippen LogP contribution in [0.25, 0.3) is 11.1 Å². The summed E-state index contributed by atoms with van der Waals surface area (Å²) in [6.45, 7) is 5.04. The number of carbonyl (C=O) groups excluding carboxylic acids is 1. The lowest BCUT2D eigenvalue weighted by Crippen LogP contribution is -2.36. The van der Waals surface area contributed by atoms with E-state index >= 15 is 0 Å². The minimum absolute atomic E-state index is 0.120. The van der Waals surface area contributed by atoms with E-state index in [1.54, 1.807) is 25.1 Å². The summed E-state index contributed by atoms with van der Waals surface area (Å²) in [6, 6.07) is 15.9. The zero-order valence-electron chi connectivity index (χ0n) is 20.9. The van der Waals surface area contributed by atoms with Crippen molar-refractivity contribution in [3.8, 4) is 11.1 Å². The van der Waals surface area contributed by atoms with Gasteiger partial charge in [0.1, 0.15) is 11.6 Å². The van der Waals surface area contributed by atoms with Crippen LogP contribution in [0.15, 0.2) is 54.6 Å². The van der Waals surface area contributed by atoms with Gasteiger partial charge in [0, 0.05) is 41.7 Å². The fourth-order valence-corrected chi connectivity index (χ4v) is 4.72. The SMILES string of the molecule is CCOC(=O)c1cc(-c2ccc(N3CCOCC3)cc2)c(C(=N)C2CCC2)c(Nc2cccc(F)c2)n1. The maximum atomic E-state index is 14.0. The molecule has 1 aromatic heterocycles. The second-order valence-electron chi connectivity index (χ2n) is 9.32. The first kappa shape index (κ1) is 24.9. The number of anilines is 3. The van der Waals surface area contributed by atoms with Crippen LogP contribution in [0.4, 0.5) is 21.6 Å². The lowest BCUT2D eigenvalue weighted by atomic mass is 9.78. The number of hydrogen-bond donors (Lipinski definition) is 2. The van der Waals surface area contributed by atoms with E-state index < -0.39 is 5.97 Å². The Morgan fingerprint density at radius 2 is 1.92 bits per heavy atom. The molecule has 192 valence electrons. The van der Waals surface area contributed by atoms with Crippen molar-refractivity contribution < 1.29 is 18.7 Å². The van der Waals surface area contributed by atoms with E-state index in [0.29, 0.717) is 36.0 Å². The first-order valence-corrected chi connectivity index (χ1v) is 12.8. The van der Waals surface area contributed by atoms with E-state index in [-0.39, 0.29) is 24.0 Å². The highest BCUT2D eigenvalue weighted by atomic mass is 19.1. The molecule has 0 spiro atoms. The van der Waals surface area contributed by atoms with Crippen molar-refractivity contribution in [1.82, 2.24) is 4.98 Å². The lowest BCUT2D eigenvalue weighted by Gasteiger charge is -2.30. The summed E-state index contributed by atoms with van der Waals surface area (Å²) in [5, 5.41) is 12.3.